The standard InChI is InChI=1S/C27H18ClF5N4O2/c28-21-2-1-17(29)11-19(21)20-12-36-23(38)9-13-5-14(25-34-3-4-35-25)8-22(24(13)20)37-26(39)15-6-16(27(31,32)33)10-18(30)7-15/h1-8,10-11,20H,9,12H2,(H,34,35)(H,36,38)(H,37,39). The number of amides is 2. The van der Waals surface area contributed by atoms with E-state index in [-0.39, 0.29) is 29.6 Å². The summed E-state index contributed by atoms with van der Waals surface area (Å²) in [5.74, 6) is -3.54. The van der Waals surface area contributed by atoms with Gasteiger partial charge in [-0.05, 0) is 65.2 Å². The van der Waals surface area contributed by atoms with Crippen LogP contribution in [0.1, 0.15) is 38.5 Å². The van der Waals surface area contributed by atoms with Crippen molar-refractivity contribution in [3.8, 4) is 11.4 Å². The zero-order chi connectivity index (χ0) is 27.9. The summed E-state index contributed by atoms with van der Waals surface area (Å²) in [4.78, 5) is 32.9. The van der Waals surface area contributed by atoms with Crippen LogP contribution in [0.3, 0.4) is 0 Å². The van der Waals surface area contributed by atoms with Gasteiger partial charge in [-0.25, -0.2) is 13.8 Å². The molecule has 0 bridgehead atoms. The number of halogens is 6. The lowest BCUT2D eigenvalue weighted by Gasteiger charge is -2.24. The van der Waals surface area contributed by atoms with Gasteiger partial charge in [-0.2, -0.15) is 13.2 Å². The molecule has 5 rings (SSSR count). The van der Waals surface area contributed by atoms with Gasteiger partial charge in [-0.1, -0.05) is 11.6 Å². The highest BCUT2D eigenvalue weighted by Gasteiger charge is 2.33. The molecular formula is C27H18ClF5N4O2. The van der Waals surface area contributed by atoms with Crippen LogP contribution in [0.25, 0.3) is 11.4 Å². The highest BCUT2D eigenvalue weighted by molar-refractivity contribution is 6.31. The van der Waals surface area contributed by atoms with Crippen molar-refractivity contribution in [3.63, 3.8) is 0 Å². The van der Waals surface area contributed by atoms with Crippen LogP contribution in [0, 0.1) is 11.6 Å². The molecule has 39 heavy (non-hydrogen) atoms. The average Bonchev–Trinajstić information content (AvgIpc) is 3.35. The molecule has 0 spiro atoms. The normalized spacial score (nSPS) is 15.3. The lowest BCUT2D eigenvalue weighted by Crippen LogP contribution is -2.27. The molecule has 12 heteroatoms. The van der Waals surface area contributed by atoms with E-state index in [1.54, 1.807) is 12.3 Å². The second-order valence-electron chi connectivity index (χ2n) is 8.91. The molecule has 6 nitrogen and oxygen atoms in total. The second-order valence-corrected chi connectivity index (χ2v) is 9.32. The minimum atomic E-state index is -4.88. The molecule has 2 amide bonds. The second kappa shape index (κ2) is 10.1. The summed E-state index contributed by atoms with van der Waals surface area (Å²) in [7, 11) is 0. The molecule has 1 aliphatic heterocycles. The fourth-order valence-electron chi connectivity index (χ4n) is 4.61. The summed E-state index contributed by atoms with van der Waals surface area (Å²) in [6.45, 7) is -0.00381. The molecule has 3 aromatic carbocycles. The van der Waals surface area contributed by atoms with Crippen molar-refractivity contribution in [2.24, 2.45) is 0 Å². The first kappa shape index (κ1) is 26.4. The molecule has 0 radical (unpaired) electrons. The molecular weight excluding hydrogens is 543 g/mol. The number of fused-ring (bicyclic) bond motifs is 1. The zero-order valence-electron chi connectivity index (χ0n) is 19.8. The van der Waals surface area contributed by atoms with Gasteiger partial charge in [-0.3, -0.25) is 9.59 Å². The first-order valence-electron chi connectivity index (χ1n) is 11.6. The first-order valence-corrected chi connectivity index (χ1v) is 11.9. The fourth-order valence-corrected chi connectivity index (χ4v) is 4.86. The van der Waals surface area contributed by atoms with Gasteiger partial charge in [0.05, 0.1) is 12.0 Å². The van der Waals surface area contributed by atoms with Crippen LogP contribution in [-0.2, 0) is 17.4 Å². The molecule has 4 aromatic rings. The number of nitrogens with one attached hydrogen (secondary N) is 3. The van der Waals surface area contributed by atoms with Crippen molar-refractivity contribution < 1.29 is 31.5 Å². The van der Waals surface area contributed by atoms with Crippen molar-refractivity contribution >= 4 is 29.1 Å². The minimum absolute atomic E-state index is 0.00381. The van der Waals surface area contributed by atoms with Crippen molar-refractivity contribution in [2.45, 2.75) is 18.5 Å². The highest BCUT2D eigenvalue weighted by Crippen LogP contribution is 2.40. The van der Waals surface area contributed by atoms with E-state index in [1.807, 2.05) is 0 Å². The minimum Gasteiger partial charge on any atom is -0.355 e. The number of carbonyl (C=O) groups excluding carboxylic acids is 2. The summed E-state index contributed by atoms with van der Waals surface area (Å²) < 4.78 is 68.1. The van der Waals surface area contributed by atoms with Crippen LogP contribution in [0.5, 0.6) is 0 Å². The molecule has 0 fully saturated rings. The monoisotopic (exact) mass is 560 g/mol. The zero-order valence-corrected chi connectivity index (χ0v) is 20.6. The molecule has 0 saturated heterocycles. The number of benzene rings is 3. The van der Waals surface area contributed by atoms with Crippen LogP contribution < -0.4 is 10.6 Å². The molecule has 200 valence electrons. The average molecular weight is 561 g/mol. The van der Waals surface area contributed by atoms with Crippen molar-refractivity contribution in [3.05, 3.63) is 105 Å². The number of hydrogen-bond donors (Lipinski definition) is 3. The van der Waals surface area contributed by atoms with Crippen LogP contribution in [-0.4, -0.2) is 28.3 Å². The number of rotatable bonds is 4. The van der Waals surface area contributed by atoms with E-state index >= 15 is 0 Å². The summed E-state index contributed by atoms with van der Waals surface area (Å²) in [6.07, 6.45) is -1.94. The topological polar surface area (TPSA) is 86.9 Å². The predicted octanol–water partition coefficient (Wildman–Crippen LogP) is 6.08. The van der Waals surface area contributed by atoms with E-state index in [2.05, 4.69) is 20.6 Å². The van der Waals surface area contributed by atoms with Crippen molar-refractivity contribution in [1.82, 2.24) is 15.3 Å². The van der Waals surface area contributed by atoms with E-state index < -0.39 is 40.8 Å². The summed E-state index contributed by atoms with van der Waals surface area (Å²) >= 11 is 6.40. The lowest BCUT2D eigenvalue weighted by molar-refractivity contribution is -0.137. The largest absolute Gasteiger partial charge is 0.416 e. The molecule has 1 atom stereocenters. The Morgan fingerprint density at radius 1 is 1.05 bits per heavy atom. The Morgan fingerprint density at radius 3 is 2.56 bits per heavy atom. The Bertz CT molecular complexity index is 1590. The molecule has 2 heterocycles. The molecule has 0 saturated carbocycles. The molecule has 1 aliphatic rings. The van der Waals surface area contributed by atoms with Gasteiger partial charge in [0.15, 0.2) is 0 Å². The maximum absolute atomic E-state index is 14.3. The third-order valence-corrected chi connectivity index (χ3v) is 6.65. The Morgan fingerprint density at radius 2 is 1.85 bits per heavy atom. The Balaban J connectivity index is 1.68. The third kappa shape index (κ3) is 5.49. The van der Waals surface area contributed by atoms with Crippen LogP contribution in [0.2, 0.25) is 5.02 Å². The summed E-state index contributed by atoms with van der Waals surface area (Å²) in [5.41, 5.74) is -0.137. The van der Waals surface area contributed by atoms with Gasteiger partial charge in [0.2, 0.25) is 5.91 Å². The number of anilines is 1. The highest BCUT2D eigenvalue weighted by atomic mass is 35.5. The van der Waals surface area contributed by atoms with Gasteiger partial charge < -0.3 is 15.6 Å². The van der Waals surface area contributed by atoms with Crippen LogP contribution >= 0.6 is 11.6 Å². The van der Waals surface area contributed by atoms with Crippen LogP contribution in [0.4, 0.5) is 27.6 Å². The van der Waals surface area contributed by atoms with E-state index in [1.165, 1.54) is 30.5 Å². The summed E-state index contributed by atoms with van der Waals surface area (Å²) in [6, 6.07) is 8.47. The first-order chi connectivity index (χ1) is 18.5. The molecule has 3 N–H and O–H groups in total. The van der Waals surface area contributed by atoms with Gasteiger partial charge in [-0.15, -0.1) is 0 Å². The maximum atomic E-state index is 14.3. The number of nitrogens with zero attached hydrogens (tertiary/aromatic N) is 1. The SMILES string of the molecule is O=C1Cc2cc(-c3ncc[nH]3)cc(NC(=O)c3cc(F)cc(C(F)(F)F)c3)c2C(c2cc(F)ccc2Cl)CN1. The predicted molar refractivity (Wildman–Crippen MR) is 133 cm³/mol. The number of alkyl halides is 3. The lowest BCUT2D eigenvalue weighted by atomic mass is 9.85. The number of carbonyl (C=O) groups is 2. The quantitative estimate of drug-likeness (QED) is 0.264. The van der Waals surface area contributed by atoms with E-state index in [9.17, 15) is 31.5 Å². The fraction of sp³-hybridized carbons (Fsp3) is 0.148. The number of aromatic amines is 1. The molecule has 0 aliphatic carbocycles. The maximum Gasteiger partial charge on any atom is 0.416 e. The third-order valence-electron chi connectivity index (χ3n) is 6.31. The van der Waals surface area contributed by atoms with E-state index in [4.69, 9.17) is 11.6 Å². The van der Waals surface area contributed by atoms with Gasteiger partial charge in [0, 0.05) is 46.7 Å². The Hall–Kier alpha value is -4.25. The Labute approximate surface area is 223 Å². The van der Waals surface area contributed by atoms with Crippen LogP contribution in [0.15, 0.2) is 60.9 Å². The van der Waals surface area contributed by atoms with Gasteiger partial charge in [0.25, 0.3) is 5.91 Å². The Kier molecular flexibility index (Phi) is 6.85. The number of aromatic nitrogens is 2. The number of hydrogen-bond acceptors (Lipinski definition) is 3. The summed E-state index contributed by atoms with van der Waals surface area (Å²) in [5, 5.41) is 5.54. The van der Waals surface area contributed by atoms with Crippen molar-refractivity contribution in [2.75, 3.05) is 11.9 Å². The number of imidazole rings is 1. The van der Waals surface area contributed by atoms with Gasteiger partial charge in [0.1, 0.15) is 17.5 Å². The van der Waals surface area contributed by atoms with Gasteiger partial charge >= 0.3 is 6.18 Å². The van der Waals surface area contributed by atoms with Crippen molar-refractivity contribution in [1.29, 1.82) is 0 Å². The van der Waals surface area contributed by atoms with E-state index in [0.29, 0.717) is 46.3 Å². The molecule has 1 unspecified atom stereocenters. The molecule has 1 aromatic heterocycles. The number of H-pyrrole nitrogens is 1. The smallest absolute Gasteiger partial charge is 0.355 e. The van der Waals surface area contributed by atoms with E-state index in [0.717, 1.165) is 0 Å².